The van der Waals surface area contributed by atoms with Crippen LogP contribution in [0.1, 0.15) is 17.0 Å². The van der Waals surface area contributed by atoms with Crippen molar-refractivity contribution in [2.24, 2.45) is 0 Å². The molecule has 1 heterocycles. The van der Waals surface area contributed by atoms with Crippen LogP contribution in [0.3, 0.4) is 0 Å². The Morgan fingerprint density at radius 2 is 2.07 bits per heavy atom. The van der Waals surface area contributed by atoms with Gasteiger partial charge in [-0.15, -0.1) is 11.6 Å². The van der Waals surface area contributed by atoms with Crippen LogP contribution in [0.4, 0.5) is 14.3 Å². The second kappa shape index (κ2) is 10.2. The lowest BCUT2D eigenvalue weighted by atomic mass is 10.2. The van der Waals surface area contributed by atoms with Gasteiger partial charge < -0.3 is 14.8 Å². The molecule has 0 spiro atoms. The number of urea groups is 1. The molecule has 0 fully saturated rings. The van der Waals surface area contributed by atoms with Gasteiger partial charge in [-0.1, -0.05) is 12.1 Å². The van der Waals surface area contributed by atoms with Crippen molar-refractivity contribution in [3.63, 3.8) is 0 Å². The van der Waals surface area contributed by atoms with Crippen LogP contribution in [0.5, 0.6) is 11.5 Å². The average molecular weight is 451 g/mol. The number of halogens is 2. The number of aromatic nitrogens is 2. The van der Waals surface area contributed by atoms with E-state index in [9.17, 15) is 9.18 Å². The highest BCUT2D eigenvalue weighted by Gasteiger charge is 2.22. The molecule has 0 bridgehead atoms. The maximum absolute atomic E-state index is 13.4. The number of hydrogen-bond acceptors (Lipinski definition) is 6. The molecule has 0 saturated carbocycles. The minimum atomic E-state index is -0.408. The van der Waals surface area contributed by atoms with Crippen molar-refractivity contribution in [3.05, 3.63) is 65.2 Å². The van der Waals surface area contributed by atoms with Crippen LogP contribution in [0.25, 0.3) is 0 Å². The van der Waals surface area contributed by atoms with E-state index in [4.69, 9.17) is 21.1 Å². The summed E-state index contributed by atoms with van der Waals surface area (Å²) in [5.41, 5.74) is 1.39. The topological polar surface area (TPSA) is 76.6 Å². The van der Waals surface area contributed by atoms with Crippen molar-refractivity contribution in [1.29, 1.82) is 0 Å². The summed E-state index contributed by atoms with van der Waals surface area (Å²) in [6.07, 6.45) is 0. The van der Waals surface area contributed by atoms with Crippen LogP contribution in [0.2, 0.25) is 0 Å². The second-order valence-electron chi connectivity index (χ2n) is 6.18. The number of amides is 2. The summed E-state index contributed by atoms with van der Waals surface area (Å²) in [4.78, 5) is 18.7. The minimum Gasteiger partial charge on any atom is -0.497 e. The van der Waals surface area contributed by atoms with Crippen LogP contribution in [-0.2, 0) is 19.0 Å². The predicted molar refractivity (Wildman–Crippen MR) is 114 cm³/mol. The van der Waals surface area contributed by atoms with Gasteiger partial charge in [0.15, 0.2) is 5.82 Å². The molecule has 1 aromatic heterocycles. The summed E-state index contributed by atoms with van der Waals surface area (Å²) in [7, 11) is 3.11. The Morgan fingerprint density at radius 1 is 1.23 bits per heavy atom. The molecule has 0 unspecified atom stereocenters. The van der Waals surface area contributed by atoms with Crippen LogP contribution in [-0.4, -0.2) is 29.6 Å². The highest BCUT2D eigenvalue weighted by Crippen LogP contribution is 2.28. The zero-order valence-electron chi connectivity index (χ0n) is 16.4. The molecule has 0 aliphatic heterocycles. The highest BCUT2D eigenvalue weighted by atomic mass is 35.5. The Bertz CT molecular complexity index is 1020. The zero-order valence-corrected chi connectivity index (χ0v) is 18.0. The van der Waals surface area contributed by atoms with Gasteiger partial charge in [0, 0.05) is 29.7 Å². The summed E-state index contributed by atoms with van der Waals surface area (Å²) in [5.74, 6) is 1.41. The van der Waals surface area contributed by atoms with E-state index in [0.717, 1.165) is 17.1 Å². The molecule has 3 rings (SSSR count). The fourth-order valence-corrected chi connectivity index (χ4v) is 3.58. The molecule has 158 valence electrons. The fraction of sp³-hybridized carbons (Fsp3) is 0.250. The average Bonchev–Trinajstić information content (AvgIpc) is 3.24. The number of nitrogens with zero attached hydrogens (tertiary/aromatic N) is 3. The number of alkyl halides is 1. The number of benzene rings is 2. The van der Waals surface area contributed by atoms with Crippen LogP contribution >= 0.6 is 23.1 Å². The SMILES string of the molecule is COc1ccc(CN(C(=O)NCc2cccc(F)c2)c2nc(CCl)ns2)c(OC)c1. The first-order valence-electron chi connectivity index (χ1n) is 8.93. The molecule has 1 N–H and O–H groups in total. The van der Waals surface area contributed by atoms with Crippen molar-refractivity contribution < 1.29 is 18.7 Å². The smallest absolute Gasteiger partial charge is 0.324 e. The van der Waals surface area contributed by atoms with Gasteiger partial charge >= 0.3 is 6.03 Å². The van der Waals surface area contributed by atoms with Crippen molar-refractivity contribution in [2.45, 2.75) is 19.0 Å². The van der Waals surface area contributed by atoms with Gasteiger partial charge in [-0.2, -0.15) is 4.37 Å². The van der Waals surface area contributed by atoms with Gasteiger partial charge in [0.2, 0.25) is 5.13 Å². The van der Waals surface area contributed by atoms with Crippen LogP contribution in [0, 0.1) is 5.82 Å². The molecular formula is C20H20ClFN4O3S. The monoisotopic (exact) mass is 450 g/mol. The van der Waals surface area contributed by atoms with E-state index >= 15 is 0 Å². The number of nitrogens with one attached hydrogen (secondary N) is 1. The lowest BCUT2D eigenvalue weighted by Gasteiger charge is -2.21. The highest BCUT2D eigenvalue weighted by molar-refractivity contribution is 7.09. The van der Waals surface area contributed by atoms with E-state index in [0.29, 0.717) is 28.0 Å². The number of hydrogen-bond donors (Lipinski definition) is 1. The molecule has 30 heavy (non-hydrogen) atoms. The summed E-state index contributed by atoms with van der Waals surface area (Å²) in [6, 6.07) is 11.0. The number of carbonyl (C=O) groups excluding carboxylic acids is 1. The lowest BCUT2D eigenvalue weighted by molar-refractivity contribution is 0.245. The largest absolute Gasteiger partial charge is 0.497 e. The first-order valence-corrected chi connectivity index (χ1v) is 10.2. The molecule has 0 atom stereocenters. The van der Waals surface area contributed by atoms with Gasteiger partial charge in [0.1, 0.15) is 17.3 Å². The molecular weight excluding hydrogens is 431 g/mol. The molecule has 2 aromatic carbocycles. The van der Waals surface area contributed by atoms with Crippen molar-refractivity contribution in [3.8, 4) is 11.5 Å². The Labute approximate surface area is 182 Å². The van der Waals surface area contributed by atoms with Gasteiger partial charge in [-0.05, 0) is 29.8 Å². The van der Waals surface area contributed by atoms with Crippen LogP contribution < -0.4 is 19.7 Å². The first-order chi connectivity index (χ1) is 14.5. The molecule has 0 aliphatic rings. The number of anilines is 1. The van der Waals surface area contributed by atoms with E-state index in [1.807, 2.05) is 6.07 Å². The lowest BCUT2D eigenvalue weighted by Crippen LogP contribution is -2.39. The second-order valence-corrected chi connectivity index (χ2v) is 7.18. The molecule has 2 amide bonds. The standard InChI is InChI=1S/C20H20ClFN4O3S/c1-28-16-7-6-14(17(9-16)29-2)12-26(20-24-18(10-21)25-30-20)19(27)23-11-13-4-3-5-15(22)8-13/h3-9H,10-12H2,1-2H3,(H,23,27). The fourth-order valence-electron chi connectivity index (χ4n) is 2.71. The van der Waals surface area contributed by atoms with E-state index in [2.05, 4.69) is 14.7 Å². The van der Waals surface area contributed by atoms with Gasteiger partial charge in [-0.25, -0.2) is 14.2 Å². The number of rotatable bonds is 8. The third kappa shape index (κ3) is 5.37. The maximum Gasteiger partial charge on any atom is 0.324 e. The first kappa shape index (κ1) is 21.8. The zero-order chi connectivity index (χ0) is 21.5. The Hall–Kier alpha value is -2.91. The van der Waals surface area contributed by atoms with Gasteiger partial charge in [0.05, 0.1) is 26.6 Å². The van der Waals surface area contributed by atoms with Gasteiger partial charge in [-0.3, -0.25) is 4.90 Å². The summed E-state index contributed by atoms with van der Waals surface area (Å²) >= 11 is 6.88. The molecule has 10 heteroatoms. The summed E-state index contributed by atoms with van der Waals surface area (Å²) in [5, 5.41) is 3.18. The molecule has 7 nitrogen and oxygen atoms in total. The van der Waals surface area contributed by atoms with E-state index in [1.54, 1.807) is 38.5 Å². The maximum atomic E-state index is 13.4. The summed E-state index contributed by atoms with van der Waals surface area (Å²) in [6.45, 7) is 0.340. The minimum absolute atomic E-state index is 0.140. The van der Waals surface area contributed by atoms with E-state index in [-0.39, 0.29) is 24.8 Å². The third-order valence-electron chi connectivity index (χ3n) is 4.21. The molecule has 0 saturated heterocycles. The quantitative estimate of drug-likeness (QED) is 0.516. The number of ether oxygens (including phenoxy) is 2. The normalized spacial score (nSPS) is 10.5. The van der Waals surface area contributed by atoms with Gasteiger partial charge in [0.25, 0.3) is 0 Å². The number of carbonyl (C=O) groups is 1. The predicted octanol–water partition coefficient (Wildman–Crippen LogP) is 4.35. The molecule has 3 aromatic rings. The Morgan fingerprint density at radius 3 is 2.73 bits per heavy atom. The molecule has 0 aliphatic carbocycles. The van der Waals surface area contributed by atoms with Crippen molar-refractivity contribution in [2.75, 3.05) is 19.1 Å². The number of methoxy groups -OCH3 is 2. The Kier molecular flexibility index (Phi) is 7.42. The van der Waals surface area contributed by atoms with Crippen molar-refractivity contribution in [1.82, 2.24) is 14.7 Å². The van der Waals surface area contributed by atoms with E-state index < -0.39 is 6.03 Å². The summed E-state index contributed by atoms with van der Waals surface area (Å²) < 4.78 is 28.2. The molecule has 0 radical (unpaired) electrons. The Balaban J connectivity index is 1.84. The van der Waals surface area contributed by atoms with Crippen LogP contribution in [0.15, 0.2) is 42.5 Å². The third-order valence-corrected chi connectivity index (χ3v) is 5.22. The van der Waals surface area contributed by atoms with E-state index in [1.165, 1.54) is 17.0 Å². The van der Waals surface area contributed by atoms with Crippen molar-refractivity contribution >= 4 is 34.3 Å².